The highest BCUT2D eigenvalue weighted by atomic mass is 79.9. The highest BCUT2D eigenvalue weighted by Gasteiger charge is 2.19. The van der Waals surface area contributed by atoms with E-state index in [9.17, 15) is 4.79 Å². The lowest BCUT2D eigenvalue weighted by Gasteiger charge is -2.30. The van der Waals surface area contributed by atoms with E-state index in [1.807, 2.05) is 4.90 Å². The first-order valence-corrected chi connectivity index (χ1v) is 9.33. The SMILES string of the molecule is CCCCCCN(CCN1CCOCC1)C(=O)c1coc(Br)c1. The largest absolute Gasteiger partial charge is 0.457 e. The van der Waals surface area contributed by atoms with Crippen LogP contribution in [0.5, 0.6) is 0 Å². The summed E-state index contributed by atoms with van der Waals surface area (Å²) in [5.74, 6) is 0.0595. The maximum Gasteiger partial charge on any atom is 0.257 e. The monoisotopic (exact) mass is 386 g/mol. The van der Waals surface area contributed by atoms with Gasteiger partial charge in [-0.25, -0.2) is 0 Å². The lowest BCUT2D eigenvalue weighted by molar-refractivity contribution is 0.0324. The van der Waals surface area contributed by atoms with Gasteiger partial charge in [0, 0.05) is 38.8 Å². The van der Waals surface area contributed by atoms with E-state index in [1.165, 1.54) is 25.5 Å². The minimum Gasteiger partial charge on any atom is -0.457 e. The molecule has 0 N–H and O–H groups in total. The summed E-state index contributed by atoms with van der Waals surface area (Å²) in [6.07, 6.45) is 6.19. The molecule has 0 spiro atoms. The number of hydrogen-bond acceptors (Lipinski definition) is 4. The van der Waals surface area contributed by atoms with Crippen LogP contribution in [0, 0.1) is 0 Å². The molecule has 1 aliphatic rings. The van der Waals surface area contributed by atoms with Gasteiger partial charge in [-0.05, 0) is 22.4 Å². The van der Waals surface area contributed by atoms with E-state index in [2.05, 4.69) is 27.8 Å². The number of carbonyl (C=O) groups is 1. The van der Waals surface area contributed by atoms with Crippen molar-refractivity contribution in [3.05, 3.63) is 22.6 Å². The van der Waals surface area contributed by atoms with Crippen LogP contribution in [0.3, 0.4) is 0 Å². The Morgan fingerprint density at radius 1 is 1.26 bits per heavy atom. The van der Waals surface area contributed by atoms with Crippen LogP contribution < -0.4 is 0 Å². The van der Waals surface area contributed by atoms with Crippen LogP contribution in [0.15, 0.2) is 21.4 Å². The average Bonchev–Trinajstić information content (AvgIpc) is 3.01. The molecule has 0 atom stereocenters. The van der Waals surface area contributed by atoms with Gasteiger partial charge in [0.05, 0.1) is 18.8 Å². The molecule has 1 aromatic rings. The molecule has 0 aromatic carbocycles. The number of furan rings is 1. The summed E-state index contributed by atoms with van der Waals surface area (Å²) >= 11 is 3.26. The minimum atomic E-state index is 0.0595. The molecule has 23 heavy (non-hydrogen) atoms. The lowest BCUT2D eigenvalue weighted by atomic mass is 10.2. The Kier molecular flexibility index (Phi) is 8.12. The van der Waals surface area contributed by atoms with E-state index in [0.717, 1.165) is 52.4 Å². The molecule has 2 heterocycles. The number of hydrogen-bond donors (Lipinski definition) is 0. The van der Waals surface area contributed by atoms with Crippen LogP contribution in [-0.2, 0) is 4.74 Å². The summed E-state index contributed by atoms with van der Waals surface area (Å²) in [4.78, 5) is 17.0. The number of nitrogens with zero attached hydrogens (tertiary/aromatic N) is 2. The molecule has 130 valence electrons. The van der Waals surface area contributed by atoms with Crippen molar-refractivity contribution in [3.63, 3.8) is 0 Å². The van der Waals surface area contributed by atoms with Gasteiger partial charge in [0.15, 0.2) is 4.67 Å². The summed E-state index contributed by atoms with van der Waals surface area (Å²) in [6, 6.07) is 1.75. The Hall–Kier alpha value is -0.850. The standard InChI is InChI=1S/C17H27BrN2O3/c1-2-3-4-5-6-20(8-7-19-9-11-22-12-10-19)17(21)15-13-16(18)23-14-15/h13-14H,2-12H2,1H3. The molecule has 1 fully saturated rings. The quantitative estimate of drug-likeness (QED) is 0.610. The molecule has 0 unspecified atom stereocenters. The molecule has 0 saturated carbocycles. The molecule has 0 radical (unpaired) electrons. The lowest BCUT2D eigenvalue weighted by Crippen LogP contribution is -2.43. The Morgan fingerprint density at radius 2 is 2.04 bits per heavy atom. The molecule has 1 saturated heterocycles. The number of halogens is 1. The maximum absolute atomic E-state index is 12.7. The van der Waals surface area contributed by atoms with Crippen molar-refractivity contribution in [1.82, 2.24) is 9.80 Å². The van der Waals surface area contributed by atoms with Gasteiger partial charge in [0.2, 0.25) is 0 Å². The van der Waals surface area contributed by atoms with Gasteiger partial charge < -0.3 is 14.1 Å². The first kappa shape index (κ1) is 18.5. The number of unbranched alkanes of at least 4 members (excludes halogenated alkanes) is 3. The summed E-state index contributed by atoms with van der Waals surface area (Å²) in [6.45, 7) is 8.16. The predicted molar refractivity (Wildman–Crippen MR) is 93.7 cm³/mol. The minimum absolute atomic E-state index is 0.0595. The van der Waals surface area contributed by atoms with Crippen molar-refractivity contribution in [2.24, 2.45) is 0 Å². The van der Waals surface area contributed by atoms with Gasteiger partial charge in [0.25, 0.3) is 5.91 Å². The van der Waals surface area contributed by atoms with Crippen LogP contribution in [-0.4, -0.2) is 61.6 Å². The second kappa shape index (κ2) is 10.1. The molecule has 2 rings (SSSR count). The third kappa shape index (κ3) is 6.28. The molecular formula is C17H27BrN2O3. The van der Waals surface area contributed by atoms with Crippen LogP contribution >= 0.6 is 15.9 Å². The van der Waals surface area contributed by atoms with Crippen molar-refractivity contribution in [3.8, 4) is 0 Å². The van der Waals surface area contributed by atoms with Crippen LogP contribution in [0.1, 0.15) is 43.0 Å². The van der Waals surface area contributed by atoms with Crippen molar-refractivity contribution >= 4 is 21.8 Å². The molecule has 1 amide bonds. The fourth-order valence-electron chi connectivity index (χ4n) is 2.74. The third-order valence-corrected chi connectivity index (χ3v) is 4.59. The van der Waals surface area contributed by atoms with Gasteiger partial charge in [-0.3, -0.25) is 9.69 Å². The Morgan fingerprint density at radius 3 is 2.70 bits per heavy atom. The Bertz CT molecular complexity index is 472. The van der Waals surface area contributed by atoms with E-state index in [1.54, 1.807) is 6.07 Å². The number of carbonyl (C=O) groups excluding carboxylic acids is 1. The molecule has 0 bridgehead atoms. The van der Waals surface area contributed by atoms with Crippen LogP contribution in [0.2, 0.25) is 0 Å². The summed E-state index contributed by atoms with van der Waals surface area (Å²) < 4.78 is 11.2. The molecule has 0 aliphatic carbocycles. The second-order valence-electron chi connectivity index (χ2n) is 5.95. The van der Waals surface area contributed by atoms with Crippen LogP contribution in [0.25, 0.3) is 0 Å². The Labute approximate surface area is 147 Å². The zero-order valence-electron chi connectivity index (χ0n) is 13.9. The van der Waals surface area contributed by atoms with Crippen LogP contribution in [0.4, 0.5) is 0 Å². The summed E-state index contributed by atoms with van der Waals surface area (Å²) in [5.41, 5.74) is 0.620. The van der Waals surface area contributed by atoms with Crippen molar-refractivity contribution in [1.29, 1.82) is 0 Å². The van der Waals surface area contributed by atoms with Gasteiger partial charge in [-0.2, -0.15) is 0 Å². The molecule has 1 aromatic heterocycles. The van der Waals surface area contributed by atoms with Crippen molar-refractivity contribution < 1.29 is 13.9 Å². The fourth-order valence-corrected chi connectivity index (χ4v) is 3.08. The number of ether oxygens (including phenoxy) is 1. The first-order chi connectivity index (χ1) is 11.2. The predicted octanol–water partition coefficient (Wildman–Crippen LogP) is 3.40. The molecular weight excluding hydrogens is 360 g/mol. The van der Waals surface area contributed by atoms with Gasteiger partial charge in [0.1, 0.15) is 6.26 Å². The fraction of sp³-hybridized carbons (Fsp3) is 0.706. The molecule has 1 aliphatic heterocycles. The normalized spacial score (nSPS) is 15.7. The van der Waals surface area contributed by atoms with Crippen molar-refractivity contribution in [2.45, 2.75) is 32.6 Å². The second-order valence-corrected chi connectivity index (χ2v) is 6.73. The highest BCUT2D eigenvalue weighted by Crippen LogP contribution is 2.16. The van der Waals surface area contributed by atoms with E-state index >= 15 is 0 Å². The van der Waals surface area contributed by atoms with Gasteiger partial charge >= 0.3 is 0 Å². The summed E-state index contributed by atoms with van der Waals surface area (Å²) in [5, 5.41) is 0. The number of morpholine rings is 1. The molecule has 5 nitrogen and oxygen atoms in total. The topological polar surface area (TPSA) is 45.9 Å². The third-order valence-electron chi connectivity index (χ3n) is 4.17. The van der Waals surface area contributed by atoms with E-state index in [0.29, 0.717) is 10.2 Å². The zero-order valence-corrected chi connectivity index (χ0v) is 15.5. The van der Waals surface area contributed by atoms with Gasteiger partial charge in [-0.15, -0.1) is 0 Å². The maximum atomic E-state index is 12.7. The number of amides is 1. The van der Waals surface area contributed by atoms with E-state index in [-0.39, 0.29) is 5.91 Å². The smallest absolute Gasteiger partial charge is 0.257 e. The molecule has 6 heteroatoms. The first-order valence-electron chi connectivity index (χ1n) is 8.54. The van der Waals surface area contributed by atoms with E-state index in [4.69, 9.17) is 9.15 Å². The van der Waals surface area contributed by atoms with Crippen molar-refractivity contribution in [2.75, 3.05) is 45.9 Å². The highest BCUT2D eigenvalue weighted by molar-refractivity contribution is 9.10. The Balaban J connectivity index is 1.88. The van der Waals surface area contributed by atoms with Gasteiger partial charge in [-0.1, -0.05) is 26.2 Å². The average molecular weight is 387 g/mol. The zero-order chi connectivity index (χ0) is 16.5. The van der Waals surface area contributed by atoms with E-state index < -0.39 is 0 Å². The number of rotatable bonds is 9. The summed E-state index contributed by atoms with van der Waals surface area (Å²) in [7, 11) is 0.